The van der Waals surface area contributed by atoms with E-state index in [2.05, 4.69) is 13.0 Å². The molecular weight excluding hydrogens is 316 g/mol. The van der Waals surface area contributed by atoms with Gasteiger partial charge in [-0.05, 0) is 25.0 Å². The number of carbonyl (C=O) groups excluding carboxylic acids is 2. The Kier molecular flexibility index (Phi) is 4.84. The van der Waals surface area contributed by atoms with Crippen molar-refractivity contribution in [3.05, 3.63) is 35.1 Å². The molecule has 1 aromatic carbocycles. The van der Waals surface area contributed by atoms with Crippen molar-refractivity contribution in [1.29, 1.82) is 0 Å². The molecule has 0 bridgehead atoms. The fourth-order valence-electron chi connectivity index (χ4n) is 3.34. The molecule has 0 N–H and O–H groups in total. The van der Waals surface area contributed by atoms with Gasteiger partial charge in [0.2, 0.25) is 11.8 Å². The summed E-state index contributed by atoms with van der Waals surface area (Å²) in [5.74, 6) is 0.266. The molecule has 2 amide bonds. The maximum absolute atomic E-state index is 12.7. The first-order chi connectivity index (χ1) is 11.9. The average Bonchev–Trinajstić information content (AvgIpc) is 3.01. The van der Waals surface area contributed by atoms with Crippen molar-refractivity contribution < 1.29 is 14.0 Å². The van der Waals surface area contributed by atoms with Gasteiger partial charge in [0.25, 0.3) is 0 Å². The molecule has 1 aromatic heterocycles. The molecule has 0 aliphatic carbocycles. The van der Waals surface area contributed by atoms with Crippen molar-refractivity contribution in [3.8, 4) is 0 Å². The van der Waals surface area contributed by atoms with Gasteiger partial charge in [-0.3, -0.25) is 9.59 Å². The minimum absolute atomic E-state index is 0.00578. The van der Waals surface area contributed by atoms with Gasteiger partial charge in [-0.15, -0.1) is 0 Å². The lowest BCUT2D eigenvalue weighted by Crippen LogP contribution is -2.51. The van der Waals surface area contributed by atoms with Crippen molar-refractivity contribution in [1.82, 2.24) is 9.80 Å². The molecular formula is C20H26N2O3. The van der Waals surface area contributed by atoms with E-state index in [4.69, 9.17) is 4.42 Å². The van der Waals surface area contributed by atoms with Crippen molar-refractivity contribution in [2.45, 2.75) is 34.1 Å². The number of hydrogen-bond acceptors (Lipinski definition) is 3. The number of amides is 2. The van der Waals surface area contributed by atoms with Gasteiger partial charge in [-0.1, -0.05) is 26.0 Å². The molecule has 0 spiro atoms. The predicted octanol–water partition coefficient (Wildman–Crippen LogP) is 2.92. The van der Waals surface area contributed by atoms with Crippen LogP contribution in [-0.2, 0) is 16.0 Å². The molecule has 3 rings (SSSR count). The number of piperazine rings is 1. The molecule has 0 unspecified atom stereocenters. The van der Waals surface area contributed by atoms with Crippen LogP contribution in [0.25, 0.3) is 11.0 Å². The van der Waals surface area contributed by atoms with Gasteiger partial charge < -0.3 is 14.2 Å². The van der Waals surface area contributed by atoms with E-state index in [0.29, 0.717) is 32.6 Å². The first-order valence-electron chi connectivity index (χ1n) is 8.91. The highest BCUT2D eigenvalue weighted by Gasteiger charge is 2.26. The largest absolute Gasteiger partial charge is 0.464 e. The number of aryl methyl sites for hydroxylation is 2. The molecule has 0 atom stereocenters. The molecule has 2 heterocycles. The van der Waals surface area contributed by atoms with Gasteiger partial charge in [-0.2, -0.15) is 0 Å². The smallest absolute Gasteiger partial charge is 0.227 e. The highest BCUT2D eigenvalue weighted by Crippen LogP contribution is 2.27. The number of fused-ring (bicyclic) bond motifs is 1. The SMILES string of the molecule is Cc1ccc2c(CC(=O)N3CCN(C(=O)C(C)C)CC3)coc2c1C. The third-order valence-corrected chi connectivity index (χ3v) is 5.12. The van der Waals surface area contributed by atoms with Gasteiger partial charge in [0, 0.05) is 43.0 Å². The second-order valence-corrected chi connectivity index (χ2v) is 7.18. The van der Waals surface area contributed by atoms with E-state index in [0.717, 1.165) is 22.1 Å². The number of carbonyl (C=O) groups is 2. The summed E-state index contributed by atoms with van der Waals surface area (Å²) in [4.78, 5) is 28.4. The molecule has 2 aromatic rings. The number of benzene rings is 1. The van der Waals surface area contributed by atoms with Crippen LogP contribution in [0.3, 0.4) is 0 Å². The lowest BCUT2D eigenvalue weighted by Gasteiger charge is -2.35. The van der Waals surface area contributed by atoms with Crippen LogP contribution in [0.2, 0.25) is 0 Å². The maximum Gasteiger partial charge on any atom is 0.227 e. The van der Waals surface area contributed by atoms with Gasteiger partial charge in [0.15, 0.2) is 0 Å². The van der Waals surface area contributed by atoms with Crippen LogP contribution < -0.4 is 0 Å². The Bertz CT molecular complexity index is 799. The molecule has 134 valence electrons. The summed E-state index contributed by atoms with van der Waals surface area (Å²) in [5.41, 5.74) is 4.11. The summed E-state index contributed by atoms with van der Waals surface area (Å²) >= 11 is 0. The van der Waals surface area contributed by atoms with Gasteiger partial charge >= 0.3 is 0 Å². The number of hydrogen-bond donors (Lipinski definition) is 0. The van der Waals surface area contributed by atoms with Crippen molar-refractivity contribution in [2.24, 2.45) is 5.92 Å². The zero-order chi connectivity index (χ0) is 18.1. The second kappa shape index (κ2) is 6.90. The summed E-state index contributed by atoms with van der Waals surface area (Å²) in [5, 5.41) is 1.02. The Hall–Kier alpha value is -2.30. The molecule has 1 aliphatic rings. The van der Waals surface area contributed by atoms with Crippen molar-refractivity contribution in [3.63, 3.8) is 0 Å². The Labute approximate surface area is 148 Å². The minimum Gasteiger partial charge on any atom is -0.464 e. The van der Waals surface area contributed by atoms with E-state index in [-0.39, 0.29) is 17.7 Å². The van der Waals surface area contributed by atoms with Gasteiger partial charge in [0.05, 0.1) is 12.7 Å². The van der Waals surface area contributed by atoms with E-state index >= 15 is 0 Å². The molecule has 1 saturated heterocycles. The second-order valence-electron chi connectivity index (χ2n) is 7.18. The third kappa shape index (κ3) is 3.41. The fourth-order valence-corrected chi connectivity index (χ4v) is 3.34. The molecule has 5 nitrogen and oxygen atoms in total. The third-order valence-electron chi connectivity index (χ3n) is 5.12. The normalized spacial score (nSPS) is 15.2. The molecule has 0 saturated carbocycles. The van der Waals surface area contributed by atoms with E-state index in [1.165, 1.54) is 5.56 Å². The predicted molar refractivity (Wildman–Crippen MR) is 97.4 cm³/mol. The molecule has 1 fully saturated rings. The number of furan rings is 1. The van der Waals surface area contributed by atoms with Crippen LogP contribution in [0, 0.1) is 19.8 Å². The summed E-state index contributed by atoms with van der Waals surface area (Å²) in [7, 11) is 0. The highest BCUT2D eigenvalue weighted by molar-refractivity contribution is 5.89. The summed E-state index contributed by atoms with van der Waals surface area (Å²) < 4.78 is 5.70. The Morgan fingerprint density at radius 1 is 1.08 bits per heavy atom. The summed E-state index contributed by atoms with van der Waals surface area (Å²) in [6, 6.07) is 4.10. The standard InChI is InChI=1S/C20H26N2O3/c1-13(2)20(24)22-9-7-21(8-10-22)18(23)11-16-12-25-19-15(4)14(3)5-6-17(16)19/h5-6,12-13H,7-11H2,1-4H3. The number of nitrogens with zero attached hydrogens (tertiary/aromatic N) is 2. The van der Waals surface area contributed by atoms with Crippen molar-refractivity contribution in [2.75, 3.05) is 26.2 Å². The van der Waals surface area contributed by atoms with Crippen LogP contribution in [0.4, 0.5) is 0 Å². The fraction of sp³-hybridized carbons (Fsp3) is 0.500. The van der Waals surface area contributed by atoms with Gasteiger partial charge in [-0.25, -0.2) is 0 Å². The molecule has 0 radical (unpaired) electrons. The van der Waals surface area contributed by atoms with Crippen LogP contribution in [0.5, 0.6) is 0 Å². The molecule has 5 heteroatoms. The average molecular weight is 342 g/mol. The zero-order valence-electron chi connectivity index (χ0n) is 15.5. The first-order valence-corrected chi connectivity index (χ1v) is 8.91. The lowest BCUT2D eigenvalue weighted by molar-refractivity contribution is -0.141. The van der Waals surface area contributed by atoms with Crippen LogP contribution in [0.1, 0.15) is 30.5 Å². The minimum atomic E-state index is 0.00578. The van der Waals surface area contributed by atoms with E-state index < -0.39 is 0 Å². The summed E-state index contributed by atoms with van der Waals surface area (Å²) in [6.07, 6.45) is 2.04. The Balaban J connectivity index is 1.66. The Morgan fingerprint density at radius 2 is 1.72 bits per heavy atom. The quantitative estimate of drug-likeness (QED) is 0.862. The van der Waals surface area contributed by atoms with Crippen molar-refractivity contribution >= 4 is 22.8 Å². The Morgan fingerprint density at radius 3 is 2.36 bits per heavy atom. The summed E-state index contributed by atoms with van der Waals surface area (Å²) in [6.45, 7) is 10.4. The van der Waals surface area contributed by atoms with E-state index in [1.807, 2.05) is 36.6 Å². The molecule has 25 heavy (non-hydrogen) atoms. The van der Waals surface area contributed by atoms with Crippen LogP contribution in [0.15, 0.2) is 22.8 Å². The lowest BCUT2D eigenvalue weighted by atomic mass is 10.0. The van der Waals surface area contributed by atoms with Crippen LogP contribution >= 0.6 is 0 Å². The van der Waals surface area contributed by atoms with E-state index in [1.54, 1.807) is 6.26 Å². The monoisotopic (exact) mass is 342 g/mol. The topological polar surface area (TPSA) is 53.8 Å². The maximum atomic E-state index is 12.7. The number of rotatable bonds is 3. The van der Waals surface area contributed by atoms with E-state index in [9.17, 15) is 9.59 Å². The zero-order valence-corrected chi connectivity index (χ0v) is 15.5. The molecule has 1 aliphatic heterocycles. The highest BCUT2D eigenvalue weighted by atomic mass is 16.3. The van der Waals surface area contributed by atoms with Crippen LogP contribution in [-0.4, -0.2) is 47.8 Å². The first kappa shape index (κ1) is 17.5. The van der Waals surface area contributed by atoms with Gasteiger partial charge in [0.1, 0.15) is 5.58 Å².